The van der Waals surface area contributed by atoms with Crippen molar-refractivity contribution in [2.75, 3.05) is 7.11 Å². The highest BCUT2D eigenvalue weighted by Crippen LogP contribution is 2.30. The van der Waals surface area contributed by atoms with Gasteiger partial charge in [0.05, 0.1) is 24.1 Å². The summed E-state index contributed by atoms with van der Waals surface area (Å²) in [6.45, 7) is 7.65. The van der Waals surface area contributed by atoms with Gasteiger partial charge in [-0.25, -0.2) is 9.78 Å². The number of esters is 1. The monoisotopic (exact) mass is 412 g/mol. The predicted octanol–water partition coefficient (Wildman–Crippen LogP) is 4.24. The number of oxazole rings is 1. The number of nitrogens with zero attached hydrogens (tertiary/aromatic N) is 2. The topological polar surface area (TPSA) is 96.8 Å². The number of ether oxygens (including phenoxy) is 3. The van der Waals surface area contributed by atoms with Gasteiger partial charge in [0.2, 0.25) is 5.89 Å². The van der Waals surface area contributed by atoms with Crippen molar-refractivity contribution in [1.82, 2.24) is 10.1 Å². The Kier molecular flexibility index (Phi) is 6.56. The molecule has 0 bridgehead atoms. The summed E-state index contributed by atoms with van der Waals surface area (Å²) < 4.78 is 26.9. The Morgan fingerprint density at radius 3 is 2.50 bits per heavy atom. The van der Waals surface area contributed by atoms with E-state index in [4.69, 9.17) is 23.2 Å². The molecule has 2 aromatic heterocycles. The molecule has 0 aliphatic rings. The molecular formula is C22H24N2O6. The Hall–Kier alpha value is -3.55. The Labute approximate surface area is 174 Å². The third-order valence-electron chi connectivity index (χ3n) is 4.56. The maximum Gasteiger partial charge on any atom is 0.331 e. The number of methoxy groups -OCH3 is 1. The van der Waals surface area contributed by atoms with Gasteiger partial charge in [-0.2, -0.15) is 0 Å². The number of hydrogen-bond donors (Lipinski definition) is 0. The van der Waals surface area contributed by atoms with Gasteiger partial charge in [-0.1, -0.05) is 11.2 Å². The molecule has 0 spiro atoms. The molecule has 0 radical (unpaired) electrons. The highest BCUT2D eigenvalue weighted by Gasteiger charge is 2.12. The first-order valence-electron chi connectivity index (χ1n) is 9.37. The molecule has 0 saturated carbocycles. The fourth-order valence-electron chi connectivity index (χ4n) is 2.71. The van der Waals surface area contributed by atoms with Crippen molar-refractivity contribution >= 4 is 12.0 Å². The van der Waals surface area contributed by atoms with Crippen molar-refractivity contribution in [2.45, 2.75) is 40.9 Å². The van der Waals surface area contributed by atoms with Gasteiger partial charge in [0.15, 0.2) is 18.1 Å². The summed E-state index contributed by atoms with van der Waals surface area (Å²) >= 11 is 0. The third-order valence-corrected chi connectivity index (χ3v) is 4.56. The Morgan fingerprint density at radius 1 is 1.07 bits per heavy atom. The lowest BCUT2D eigenvalue weighted by molar-refractivity contribution is -0.139. The molecule has 8 nitrogen and oxygen atoms in total. The Balaban J connectivity index is 1.60. The van der Waals surface area contributed by atoms with Gasteiger partial charge < -0.3 is 23.2 Å². The van der Waals surface area contributed by atoms with E-state index in [1.165, 1.54) is 6.08 Å². The molecular weight excluding hydrogens is 388 g/mol. The van der Waals surface area contributed by atoms with E-state index in [1.807, 2.05) is 33.8 Å². The van der Waals surface area contributed by atoms with Crippen molar-refractivity contribution in [3.63, 3.8) is 0 Å². The van der Waals surface area contributed by atoms with E-state index in [1.54, 1.807) is 25.3 Å². The summed E-state index contributed by atoms with van der Waals surface area (Å²) in [7, 11) is 1.56. The summed E-state index contributed by atoms with van der Waals surface area (Å²) in [5.41, 5.74) is 3.23. The van der Waals surface area contributed by atoms with Crippen LogP contribution in [0.4, 0.5) is 0 Å². The van der Waals surface area contributed by atoms with Crippen LogP contribution in [0.3, 0.4) is 0 Å². The number of aryl methyl sites for hydroxylation is 4. The average molecular weight is 412 g/mol. The van der Waals surface area contributed by atoms with E-state index < -0.39 is 5.97 Å². The van der Waals surface area contributed by atoms with Crippen LogP contribution in [0.15, 0.2) is 33.2 Å². The molecule has 0 aliphatic heterocycles. The van der Waals surface area contributed by atoms with Gasteiger partial charge in [0.25, 0.3) is 0 Å². The largest absolute Gasteiger partial charge is 0.493 e. The summed E-state index contributed by atoms with van der Waals surface area (Å²) in [6.07, 6.45) is 2.97. The molecule has 0 atom stereocenters. The van der Waals surface area contributed by atoms with Gasteiger partial charge in [-0.05, 0) is 51.5 Å². The van der Waals surface area contributed by atoms with Gasteiger partial charge in [0, 0.05) is 6.08 Å². The van der Waals surface area contributed by atoms with E-state index in [0.717, 1.165) is 28.3 Å². The molecule has 3 rings (SSSR count). The number of aromatic nitrogens is 2. The van der Waals surface area contributed by atoms with Crippen molar-refractivity contribution in [3.05, 3.63) is 64.2 Å². The van der Waals surface area contributed by atoms with Gasteiger partial charge in [-0.3, -0.25) is 0 Å². The van der Waals surface area contributed by atoms with E-state index in [-0.39, 0.29) is 6.61 Å². The fourth-order valence-corrected chi connectivity index (χ4v) is 2.71. The lowest BCUT2D eigenvalue weighted by Crippen LogP contribution is -2.01. The zero-order valence-corrected chi connectivity index (χ0v) is 17.6. The van der Waals surface area contributed by atoms with Crippen LogP contribution in [0.25, 0.3) is 6.08 Å². The zero-order chi connectivity index (χ0) is 21.7. The summed E-state index contributed by atoms with van der Waals surface area (Å²) in [6, 6.07) is 5.36. The van der Waals surface area contributed by atoms with E-state index in [9.17, 15) is 4.79 Å². The second-order valence-electron chi connectivity index (χ2n) is 6.69. The minimum absolute atomic E-state index is 0.0182. The SMILES string of the molecule is COc1cc(/C=C/C(=O)OCc2nc(C)c(C)o2)ccc1OCc1c(C)noc1C. The molecule has 1 aromatic carbocycles. The van der Waals surface area contributed by atoms with E-state index in [0.29, 0.717) is 29.8 Å². The first kappa shape index (κ1) is 21.2. The molecule has 0 fully saturated rings. The Morgan fingerprint density at radius 2 is 1.87 bits per heavy atom. The maximum atomic E-state index is 12.0. The third kappa shape index (κ3) is 5.08. The molecule has 158 valence electrons. The van der Waals surface area contributed by atoms with Crippen molar-refractivity contribution in [2.24, 2.45) is 0 Å². The minimum atomic E-state index is -0.499. The summed E-state index contributed by atoms with van der Waals surface area (Å²) in [5.74, 6) is 2.42. The van der Waals surface area contributed by atoms with Crippen LogP contribution < -0.4 is 9.47 Å². The van der Waals surface area contributed by atoms with Crippen LogP contribution in [0, 0.1) is 27.7 Å². The van der Waals surface area contributed by atoms with Crippen LogP contribution in [0.2, 0.25) is 0 Å². The molecule has 0 unspecified atom stereocenters. The van der Waals surface area contributed by atoms with Crippen LogP contribution in [0.5, 0.6) is 11.5 Å². The molecule has 0 aliphatic carbocycles. The Bertz CT molecular complexity index is 1020. The summed E-state index contributed by atoms with van der Waals surface area (Å²) in [5, 5.41) is 3.92. The van der Waals surface area contributed by atoms with Crippen LogP contribution in [-0.4, -0.2) is 23.2 Å². The standard InChI is InChI=1S/C22H24N2O6/c1-13-15(3)29-21(23-13)12-28-22(25)9-7-17-6-8-19(20(10-17)26-5)27-11-18-14(2)24-30-16(18)4/h6-10H,11-12H2,1-5H3/b9-7+. The lowest BCUT2D eigenvalue weighted by atomic mass is 10.2. The van der Waals surface area contributed by atoms with E-state index >= 15 is 0 Å². The molecule has 30 heavy (non-hydrogen) atoms. The average Bonchev–Trinajstić information content (AvgIpc) is 3.23. The minimum Gasteiger partial charge on any atom is -0.493 e. The molecule has 3 aromatic rings. The van der Waals surface area contributed by atoms with Gasteiger partial charge >= 0.3 is 5.97 Å². The normalized spacial score (nSPS) is 11.1. The lowest BCUT2D eigenvalue weighted by Gasteiger charge is -2.11. The highest BCUT2D eigenvalue weighted by atomic mass is 16.5. The molecule has 0 amide bonds. The van der Waals surface area contributed by atoms with Gasteiger partial charge in [-0.15, -0.1) is 0 Å². The number of carbonyl (C=O) groups is 1. The second-order valence-corrected chi connectivity index (χ2v) is 6.69. The first-order chi connectivity index (χ1) is 14.4. The number of carbonyl (C=O) groups excluding carboxylic acids is 1. The molecule has 0 N–H and O–H groups in total. The molecule has 0 saturated heterocycles. The summed E-state index contributed by atoms with van der Waals surface area (Å²) in [4.78, 5) is 16.1. The first-order valence-corrected chi connectivity index (χ1v) is 9.37. The van der Waals surface area contributed by atoms with Crippen molar-refractivity contribution in [3.8, 4) is 11.5 Å². The highest BCUT2D eigenvalue weighted by molar-refractivity contribution is 5.87. The van der Waals surface area contributed by atoms with Crippen LogP contribution in [-0.2, 0) is 22.7 Å². The maximum absolute atomic E-state index is 12.0. The van der Waals surface area contributed by atoms with Gasteiger partial charge in [0.1, 0.15) is 18.1 Å². The number of rotatable bonds is 8. The molecule has 8 heteroatoms. The smallest absolute Gasteiger partial charge is 0.331 e. The van der Waals surface area contributed by atoms with E-state index in [2.05, 4.69) is 10.1 Å². The second kappa shape index (κ2) is 9.30. The van der Waals surface area contributed by atoms with Crippen LogP contribution >= 0.6 is 0 Å². The molecule has 2 heterocycles. The van der Waals surface area contributed by atoms with Crippen molar-refractivity contribution in [1.29, 1.82) is 0 Å². The number of hydrogen-bond acceptors (Lipinski definition) is 8. The zero-order valence-electron chi connectivity index (χ0n) is 17.6. The number of benzene rings is 1. The predicted molar refractivity (Wildman–Crippen MR) is 108 cm³/mol. The fraction of sp³-hybridized carbons (Fsp3) is 0.318. The quantitative estimate of drug-likeness (QED) is 0.400. The van der Waals surface area contributed by atoms with Crippen molar-refractivity contribution < 1.29 is 27.9 Å². The van der Waals surface area contributed by atoms with Crippen LogP contribution in [0.1, 0.15) is 39.9 Å².